The van der Waals surface area contributed by atoms with Crippen molar-refractivity contribution in [3.63, 3.8) is 0 Å². The van der Waals surface area contributed by atoms with Gasteiger partial charge in [0.15, 0.2) is 0 Å². The van der Waals surface area contributed by atoms with Crippen molar-refractivity contribution >= 4 is 23.3 Å². The van der Waals surface area contributed by atoms with Gasteiger partial charge >= 0.3 is 6.03 Å². The number of urea groups is 1. The van der Waals surface area contributed by atoms with E-state index in [-0.39, 0.29) is 18.5 Å². The first-order chi connectivity index (χ1) is 13.0. The summed E-state index contributed by atoms with van der Waals surface area (Å²) < 4.78 is 0. The van der Waals surface area contributed by atoms with Gasteiger partial charge in [-0.25, -0.2) is 4.79 Å². The second-order valence-corrected chi connectivity index (χ2v) is 7.20. The van der Waals surface area contributed by atoms with Gasteiger partial charge in [0.05, 0.1) is 0 Å². The van der Waals surface area contributed by atoms with Crippen molar-refractivity contribution in [2.24, 2.45) is 0 Å². The average Bonchev–Trinajstić information content (AvgIpc) is 3.02. The zero-order chi connectivity index (χ0) is 19.4. The maximum absolute atomic E-state index is 12.7. The van der Waals surface area contributed by atoms with Gasteiger partial charge in [0.2, 0.25) is 5.91 Å². The number of nitrogens with one attached hydrogen (secondary N) is 1. The van der Waals surface area contributed by atoms with Crippen LogP contribution in [0.1, 0.15) is 37.8 Å². The summed E-state index contributed by atoms with van der Waals surface area (Å²) in [6.45, 7) is 7.59. The van der Waals surface area contributed by atoms with Crippen LogP contribution in [-0.2, 0) is 11.2 Å². The third kappa shape index (κ3) is 4.48. The predicted octanol–water partition coefficient (Wildman–Crippen LogP) is 4.25. The van der Waals surface area contributed by atoms with E-state index >= 15 is 0 Å². The SMILES string of the molecule is CCc1ccc(NC(=O)CN2CCN(c3ccc(C(C)C)cc3)C2=O)cc1. The van der Waals surface area contributed by atoms with Crippen molar-refractivity contribution < 1.29 is 9.59 Å². The van der Waals surface area contributed by atoms with Crippen LogP contribution < -0.4 is 10.2 Å². The average molecular weight is 365 g/mol. The van der Waals surface area contributed by atoms with Gasteiger partial charge in [-0.05, 0) is 47.7 Å². The molecule has 1 saturated heterocycles. The monoisotopic (exact) mass is 365 g/mol. The number of hydrogen-bond donors (Lipinski definition) is 1. The van der Waals surface area contributed by atoms with Gasteiger partial charge in [0.25, 0.3) is 0 Å². The molecule has 0 atom stereocenters. The molecule has 2 aromatic carbocycles. The molecule has 0 bridgehead atoms. The molecule has 0 aliphatic carbocycles. The minimum absolute atomic E-state index is 0.0644. The van der Waals surface area contributed by atoms with E-state index in [2.05, 4.69) is 38.2 Å². The molecule has 5 heteroatoms. The Morgan fingerprint density at radius 1 is 1.04 bits per heavy atom. The lowest BCUT2D eigenvalue weighted by molar-refractivity contribution is -0.116. The van der Waals surface area contributed by atoms with Crippen LogP contribution in [0.15, 0.2) is 48.5 Å². The summed E-state index contributed by atoms with van der Waals surface area (Å²) in [5, 5.41) is 2.86. The summed E-state index contributed by atoms with van der Waals surface area (Å²) in [5.74, 6) is 0.282. The summed E-state index contributed by atoms with van der Waals surface area (Å²) in [5.41, 5.74) is 4.10. The maximum Gasteiger partial charge on any atom is 0.325 e. The van der Waals surface area contributed by atoms with Crippen LogP contribution >= 0.6 is 0 Å². The van der Waals surface area contributed by atoms with Crippen LogP contribution in [0.5, 0.6) is 0 Å². The lowest BCUT2D eigenvalue weighted by atomic mass is 10.0. The van der Waals surface area contributed by atoms with Crippen LogP contribution in [0.2, 0.25) is 0 Å². The molecule has 1 aliphatic heterocycles. The molecule has 1 N–H and O–H groups in total. The molecular weight excluding hydrogens is 338 g/mol. The quantitative estimate of drug-likeness (QED) is 0.832. The van der Waals surface area contributed by atoms with E-state index < -0.39 is 0 Å². The zero-order valence-corrected chi connectivity index (χ0v) is 16.2. The molecule has 3 rings (SSSR count). The minimum atomic E-state index is -0.176. The van der Waals surface area contributed by atoms with Gasteiger partial charge in [0, 0.05) is 24.5 Å². The number of nitrogens with zero attached hydrogens (tertiary/aromatic N) is 2. The Morgan fingerprint density at radius 3 is 2.30 bits per heavy atom. The van der Waals surface area contributed by atoms with Gasteiger partial charge in [0.1, 0.15) is 6.54 Å². The van der Waals surface area contributed by atoms with Crippen molar-refractivity contribution in [2.45, 2.75) is 33.1 Å². The standard InChI is InChI=1S/C22H27N3O2/c1-4-17-5-9-19(10-6-17)23-21(26)15-24-13-14-25(22(24)27)20-11-7-18(8-12-20)16(2)3/h5-12,16H,4,13-15H2,1-3H3,(H,23,26). The van der Waals surface area contributed by atoms with Crippen LogP contribution in [0, 0.1) is 0 Å². The number of rotatable bonds is 6. The highest BCUT2D eigenvalue weighted by molar-refractivity contribution is 5.99. The highest BCUT2D eigenvalue weighted by Gasteiger charge is 2.30. The molecular formula is C22H27N3O2. The fraction of sp³-hybridized carbons (Fsp3) is 0.364. The summed E-state index contributed by atoms with van der Waals surface area (Å²) in [6.07, 6.45) is 0.963. The summed E-state index contributed by atoms with van der Waals surface area (Å²) in [6, 6.07) is 15.7. The molecule has 1 heterocycles. The third-order valence-electron chi connectivity index (χ3n) is 4.95. The molecule has 27 heavy (non-hydrogen) atoms. The first-order valence-corrected chi connectivity index (χ1v) is 9.53. The number of carbonyl (C=O) groups is 2. The van der Waals surface area contributed by atoms with E-state index in [0.717, 1.165) is 17.8 Å². The minimum Gasteiger partial charge on any atom is -0.325 e. The maximum atomic E-state index is 12.7. The summed E-state index contributed by atoms with van der Waals surface area (Å²) in [7, 11) is 0. The lowest BCUT2D eigenvalue weighted by Crippen LogP contribution is -2.37. The smallest absolute Gasteiger partial charge is 0.325 e. The van der Waals surface area contributed by atoms with E-state index in [1.54, 1.807) is 9.80 Å². The first kappa shape index (κ1) is 19.0. The molecule has 1 fully saturated rings. The second-order valence-electron chi connectivity index (χ2n) is 7.20. The Kier molecular flexibility index (Phi) is 5.79. The fourth-order valence-electron chi connectivity index (χ4n) is 3.21. The van der Waals surface area contributed by atoms with Crippen LogP contribution in [0.25, 0.3) is 0 Å². The number of hydrogen-bond acceptors (Lipinski definition) is 2. The largest absolute Gasteiger partial charge is 0.325 e. The van der Waals surface area contributed by atoms with Gasteiger partial charge in [-0.1, -0.05) is 45.0 Å². The van der Waals surface area contributed by atoms with E-state index in [9.17, 15) is 9.59 Å². The zero-order valence-electron chi connectivity index (χ0n) is 16.2. The molecule has 0 aromatic heterocycles. The Bertz CT molecular complexity index is 797. The topological polar surface area (TPSA) is 52.7 Å². The van der Waals surface area contributed by atoms with E-state index in [1.165, 1.54) is 11.1 Å². The first-order valence-electron chi connectivity index (χ1n) is 9.53. The number of benzene rings is 2. The van der Waals surface area contributed by atoms with Gasteiger partial charge in [-0.3, -0.25) is 9.69 Å². The van der Waals surface area contributed by atoms with E-state index in [0.29, 0.717) is 19.0 Å². The highest BCUT2D eigenvalue weighted by atomic mass is 16.2. The van der Waals surface area contributed by atoms with Crippen LogP contribution in [-0.4, -0.2) is 36.5 Å². The molecule has 0 unspecified atom stereocenters. The van der Waals surface area contributed by atoms with Crippen molar-refractivity contribution in [3.05, 3.63) is 59.7 Å². The highest BCUT2D eigenvalue weighted by Crippen LogP contribution is 2.23. The molecule has 0 spiro atoms. The Balaban J connectivity index is 1.58. The van der Waals surface area contributed by atoms with Crippen LogP contribution in [0.4, 0.5) is 16.2 Å². The molecule has 1 aliphatic rings. The predicted molar refractivity (Wildman–Crippen MR) is 109 cm³/mol. The summed E-state index contributed by atoms with van der Waals surface area (Å²) >= 11 is 0. The van der Waals surface area contributed by atoms with Crippen molar-refractivity contribution in [1.82, 2.24) is 4.90 Å². The molecule has 5 nitrogen and oxygen atoms in total. The Hall–Kier alpha value is -2.82. The number of aryl methyl sites for hydroxylation is 1. The van der Waals surface area contributed by atoms with Gasteiger partial charge in [-0.2, -0.15) is 0 Å². The molecule has 0 radical (unpaired) electrons. The number of carbonyl (C=O) groups excluding carboxylic acids is 2. The van der Waals surface area contributed by atoms with Crippen molar-refractivity contribution in [1.29, 1.82) is 0 Å². The molecule has 3 amide bonds. The van der Waals surface area contributed by atoms with Gasteiger partial charge in [-0.15, -0.1) is 0 Å². The summed E-state index contributed by atoms with van der Waals surface area (Å²) in [4.78, 5) is 28.3. The Morgan fingerprint density at radius 2 is 1.70 bits per heavy atom. The van der Waals surface area contributed by atoms with Gasteiger partial charge < -0.3 is 10.2 Å². The number of anilines is 2. The van der Waals surface area contributed by atoms with Crippen LogP contribution in [0.3, 0.4) is 0 Å². The lowest BCUT2D eigenvalue weighted by Gasteiger charge is -2.19. The van der Waals surface area contributed by atoms with Crippen molar-refractivity contribution in [3.8, 4) is 0 Å². The third-order valence-corrected chi connectivity index (χ3v) is 4.95. The Labute approximate surface area is 161 Å². The molecule has 142 valence electrons. The normalized spacial score (nSPS) is 14.1. The molecule has 2 aromatic rings. The van der Waals surface area contributed by atoms with Crippen molar-refractivity contribution in [2.75, 3.05) is 29.9 Å². The fourth-order valence-corrected chi connectivity index (χ4v) is 3.21. The number of amides is 3. The van der Waals surface area contributed by atoms with E-state index in [4.69, 9.17) is 0 Å². The van der Waals surface area contributed by atoms with E-state index in [1.807, 2.05) is 36.4 Å². The molecule has 0 saturated carbocycles. The second kappa shape index (κ2) is 8.25.